The summed E-state index contributed by atoms with van der Waals surface area (Å²) in [6.45, 7) is 5.81. The average Bonchev–Trinajstić information content (AvgIpc) is 2.51. The topological polar surface area (TPSA) is 86.0 Å². The molecule has 6 heteroatoms. The standard InChI is InChI=1S/C17H19N5O/c1-10(2)23-17-14(18)16(19-9-20-17)22-13-6-4-5-12-8-7-11(3)21-15(12)13/h4-10H,18H2,1-3H3,(H,19,20,22). The normalized spacial score (nSPS) is 11.0. The molecule has 0 bridgehead atoms. The number of hydrogen-bond donors (Lipinski definition) is 2. The maximum atomic E-state index is 6.12. The van der Waals surface area contributed by atoms with Gasteiger partial charge >= 0.3 is 0 Å². The van der Waals surface area contributed by atoms with Crippen LogP contribution in [0.4, 0.5) is 17.2 Å². The van der Waals surface area contributed by atoms with E-state index in [1.807, 2.05) is 51.1 Å². The predicted octanol–water partition coefficient (Wildman–Crippen LogP) is 3.45. The Morgan fingerprint density at radius 3 is 2.74 bits per heavy atom. The number of nitrogens with one attached hydrogen (secondary N) is 1. The molecule has 0 fully saturated rings. The molecule has 0 atom stereocenters. The maximum Gasteiger partial charge on any atom is 0.242 e. The Hall–Kier alpha value is -2.89. The molecule has 0 saturated carbocycles. The smallest absolute Gasteiger partial charge is 0.242 e. The molecule has 3 aromatic rings. The second kappa shape index (κ2) is 6.08. The minimum atomic E-state index is -0.0121. The lowest BCUT2D eigenvalue weighted by Gasteiger charge is -2.14. The Labute approximate surface area is 134 Å². The number of nitrogens with two attached hydrogens (primary N) is 1. The van der Waals surface area contributed by atoms with Gasteiger partial charge in [0.05, 0.1) is 17.3 Å². The lowest BCUT2D eigenvalue weighted by Crippen LogP contribution is -2.11. The molecule has 0 aliphatic carbocycles. The van der Waals surface area contributed by atoms with Crippen LogP contribution < -0.4 is 15.8 Å². The van der Waals surface area contributed by atoms with E-state index in [1.165, 1.54) is 6.33 Å². The van der Waals surface area contributed by atoms with Crippen LogP contribution in [0, 0.1) is 6.92 Å². The van der Waals surface area contributed by atoms with E-state index >= 15 is 0 Å². The fourth-order valence-electron chi connectivity index (χ4n) is 2.27. The first kappa shape index (κ1) is 15.0. The summed E-state index contributed by atoms with van der Waals surface area (Å²) in [4.78, 5) is 12.9. The van der Waals surface area contributed by atoms with Crippen LogP contribution in [-0.4, -0.2) is 21.1 Å². The average molecular weight is 309 g/mol. The van der Waals surface area contributed by atoms with Crippen molar-refractivity contribution < 1.29 is 4.74 Å². The van der Waals surface area contributed by atoms with Gasteiger partial charge in [-0.05, 0) is 32.9 Å². The third-order valence-corrected chi connectivity index (χ3v) is 3.31. The van der Waals surface area contributed by atoms with E-state index in [1.54, 1.807) is 0 Å². The van der Waals surface area contributed by atoms with E-state index in [0.29, 0.717) is 17.4 Å². The molecule has 0 spiro atoms. The molecule has 0 amide bonds. The summed E-state index contributed by atoms with van der Waals surface area (Å²) in [5.41, 5.74) is 9.16. The molecule has 1 aromatic carbocycles. The van der Waals surface area contributed by atoms with Gasteiger partial charge in [-0.15, -0.1) is 0 Å². The fourth-order valence-corrected chi connectivity index (χ4v) is 2.27. The van der Waals surface area contributed by atoms with Gasteiger partial charge in [-0.2, -0.15) is 4.98 Å². The molecule has 2 aromatic heterocycles. The van der Waals surface area contributed by atoms with E-state index in [0.717, 1.165) is 22.3 Å². The number of pyridine rings is 1. The Morgan fingerprint density at radius 2 is 1.96 bits per heavy atom. The minimum Gasteiger partial charge on any atom is -0.473 e. The fraction of sp³-hybridized carbons (Fsp3) is 0.235. The summed E-state index contributed by atoms with van der Waals surface area (Å²) < 4.78 is 5.60. The number of anilines is 3. The largest absolute Gasteiger partial charge is 0.473 e. The third kappa shape index (κ3) is 3.15. The van der Waals surface area contributed by atoms with Crippen molar-refractivity contribution in [2.75, 3.05) is 11.1 Å². The van der Waals surface area contributed by atoms with Crippen LogP contribution in [0.5, 0.6) is 5.88 Å². The minimum absolute atomic E-state index is 0.0121. The molecule has 3 N–H and O–H groups in total. The summed E-state index contributed by atoms with van der Waals surface area (Å²) in [5.74, 6) is 0.883. The van der Waals surface area contributed by atoms with Gasteiger partial charge in [0.15, 0.2) is 5.82 Å². The number of benzene rings is 1. The highest BCUT2D eigenvalue weighted by Gasteiger charge is 2.12. The zero-order chi connectivity index (χ0) is 16.4. The molecular formula is C17H19N5O. The van der Waals surface area contributed by atoms with Crippen LogP contribution in [0.25, 0.3) is 10.9 Å². The number of fused-ring (bicyclic) bond motifs is 1. The summed E-state index contributed by atoms with van der Waals surface area (Å²) in [5, 5.41) is 4.29. The SMILES string of the molecule is Cc1ccc2cccc(Nc3ncnc(OC(C)C)c3N)c2n1. The summed E-state index contributed by atoms with van der Waals surface area (Å²) in [6.07, 6.45) is 1.42. The molecule has 0 unspecified atom stereocenters. The van der Waals surface area contributed by atoms with Crippen molar-refractivity contribution in [3.8, 4) is 5.88 Å². The lowest BCUT2D eigenvalue weighted by molar-refractivity contribution is 0.234. The molecule has 0 radical (unpaired) electrons. The van der Waals surface area contributed by atoms with E-state index in [2.05, 4.69) is 20.3 Å². The highest BCUT2D eigenvalue weighted by Crippen LogP contribution is 2.30. The predicted molar refractivity (Wildman–Crippen MR) is 92.0 cm³/mol. The molecule has 3 rings (SSSR count). The summed E-state index contributed by atoms with van der Waals surface area (Å²) in [7, 11) is 0. The van der Waals surface area contributed by atoms with Crippen molar-refractivity contribution >= 4 is 28.1 Å². The van der Waals surface area contributed by atoms with Gasteiger partial charge in [0.2, 0.25) is 5.88 Å². The Morgan fingerprint density at radius 1 is 1.13 bits per heavy atom. The van der Waals surface area contributed by atoms with Crippen molar-refractivity contribution in [1.82, 2.24) is 15.0 Å². The molecular weight excluding hydrogens is 290 g/mol. The number of nitrogen functional groups attached to an aromatic ring is 1. The van der Waals surface area contributed by atoms with Gasteiger partial charge in [0, 0.05) is 11.1 Å². The molecule has 2 heterocycles. The van der Waals surface area contributed by atoms with Crippen molar-refractivity contribution in [3.63, 3.8) is 0 Å². The lowest BCUT2D eigenvalue weighted by atomic mass is 10.1. The van der Waals surface area contributed by atoms with Crippen LogP contribution in [0.3, 0.4) is 0 Å². The Balaban J connectivity index is 2.01. The van der Waals surface area contributed by atoms with Crippen molar-refractivity contribution in [3.05, 3.63) is 42.4 Å². The van der Waals surface area contributed by atoms with Gasteiger partial charge in [0.25, 0.3) is 0 Å². The highest BCUT2D eigenvalue weighted by molar-refractivity contribution is 5.93. The number of aryl methyl sites for hydroxylation is 1. The van der Waals surface area contributed by atoms with Gasteiger partial charge in [-0.1, -0.05) is 18.2 Å². The quantitative estimate of drug-likeness (QED) is 0.767. The first-order valence-electron chi connectivity index (χ1n) is 7.45. The van der Waals surface area contributed by atoms with Crippen LogP contribution in [-0.2, 0) is 0 Å². The van der Waals surface area contributed by atoms with E-state index in [-0.39, 0.29) is 6.10 Å². The van der Waals surface area contributed by atoms with Crippen LogP contribution in [0.15, 0.2) is 36.7 Å². The van der Waals surface area contributed by atoms with Crippen molar-refractivity contribution in [1.29, 1.82) is 0 Å². The molecule has 118 valence electrons. The van der Waals surface area contributed by atoms with E-state index in [9.17, 15) is 0 Å². The number of para-hydroxylation sites is 1. The number of rotatable bonds is 4. The second-order valence-electron chi connectivity index (χ2n) is 5.56. The van der Waals surface area contributed by atoms with Crippen LogP contribution >= 0.6 is 0 Å². The summed E-state index contributed by atoms with van der Waals surface area (Å²) >= 11 is 0. The van der Waals surface area contributed by atoms with Gasteiger partial charge in [0.1, 0.15) is 12.0 Å². The van der Waals surface area contributed by atoms with Crippen molar-refractivity contribution in [2.24, 2.45) is 0 Å². The maximum absolute atomic E-state index is 6.12. The molecule has 6 nitrogen and oxygen atoms in total. The second-order valence-corrected chi connectivity index (χ2v) is 5.56. The number of ether oxygens (including phenoxy) is 1. The van der Waals surface area contributed by atoms with Gasteiger partial charge in [-0.25, -0.2) is 4.98 Å². The molecule has 23 heavy (non-hydrogen) atoms. The zero-order valence-corrected chi connectivity index (χ0v) is 13.4. The van der Waals surface area contributed by atoms with E-state index < -0.39 is 0 Å². The number of hydrogen-bond acceptors (Lipinski definition) is 6. The first-order chi connectivity index (χ1) is 11.0. The van der Waals surface area contributed by atoms with Gasteiger partial charge < -0.3 is 15.8 Å². The van der Waals surface area contributed by atoms with Gasteiger partial charge in [-0.3, -0.25) is 4.98 Å². The molecule has 0 saturated heterocycles. The Kier molecular flexibility index (Phi) is 3.97. The third-order valence-electron chi connectivity index (χ3n) is 3.31. The van der Waals surface area contributed by atoms with Crippen LogP contribution in [0.1, 0.15) is 19.5 Å². The molecule has 0 aliphatic heterocycles. The summed E-state index contributed by atoms with van der Waals surface area (Å²) in [6, 6.07) is 9.95. The Bertz CT molecular complexity index is 848. The van der Waals surface area contributed by atoms with Crippen LogP contribution in [0.2, 0.25) is 0 Å². The highest BCUT2D eigenvalue weighted by atomic mass is 16.5. The molecule has 0 aliphatic rings. The zero-order valence-electron chi connectivity index (χ0n) is 13.4. The van der Waals surface area contributed by atoms with E-state index in [4.69, 9.17) is 10.5 Å². The van der Waals surface area contributed by atoms with Crippen molar-refractivity contribution in [2.45, 2.75) is 26.9 Å². The number of aromatic nitrogens is 3. The monoisotopic (exact) mass is 309 g/mol. The number of nitrogens with zero attached hydrogens (tertiary/aromatic N) is 3. The first-order valence-corrected chi connectivity index (χ1v) is 7.45.